The second-order valence-corrected chi connectivity index (χ2v) is 4.09. The maximum absolute atomic E-state index is 11.9. The summed E-state index contributed by atoms with van der Waals surface area (Å²) in [6.07, 6.45) is 5.07. The quantitative estimate of drug-likeness (QED) is 0.514. The standard InChI is InChI=1S/C11H14N2O3/c1-12-9(14)6-13-10(15)7-4-2-3-5-8(7)11(13)16/h2-3,7-8H,4-6H2,1H3,(H,12,14)/t7-,8-/m0/s1. The number of likely N-dealkylation sites (N-methyl/N-ethyl adjacent to an activating group) is 1. The fourth-order valence-corrected chi connectivity index (χ4v) is 2.25. The predicted molar refractivity (Wildman–Crippen MR) is 56.1 cm³/mol. The molecule has 0 aromatic rings. The maximum atomic E-state index is 11.9. The smallest absolute Gasteiger partial charge is 0.239 e. The van der Waals surface area contributed by atoms with Crippen LogP contribution in [0.3, 0.4) is 0 Å². The van der Waals surface area contributed by atoms with Gasteiger partial charge in [0.2, 0.25) is 17.7 Å². The van der Waals surface area contributed by atoms with Crippen molar-refractivity contribution in [2.24, 2.45) is 11.8 Å². The van der Waals surface area contributed by atoms with Gasteiger partial charge in [-0.2, -0.15) is 0 Å². The van der Waals surface area contributed by atoms with Crippen molar-refractivity contribution in [3.8, 4) is 0 Å². The Balaban J connectivity index is 2.14. The van der Waals surface area contributed by atoms with Crippen LogP contribution in [-0.2, 0) is 14.4 Å². The van der Waals surface area contributed by atoms with Gasteiger partial charge in [-0.15, -0.1) is 0 Å². The van der Waals surface area contributed by atoms with Crippen LogP contribution in [0.25, 0.3) is 0 Å². The van der Waals surface area contributed by atoms with E-state index in [4.69, 9.17) is 0 Å². The number of fused-ring (bicyclic) bond motifs is 1. The normalized spacial score (nSPS) is 28.2. The first-order valence-corrected chi connectivity index (χ1v) is 5.36. The highest BCUT2D eigenvalue weighted by molar-refractivity contribution is 6.07. The van der Waals surface area contributed by atoms with Crippen LogP contribution in [-0.4, -0.2) is 36.2 Å². The van der Waals surface area contributed by atoms with Crippen LogP contribution in [0.4, 0.5) is 0 Å². The molecule has 2 aliphatic rings. The molecule has 1 aliphatic heterocycles. The van der Waals surface area contributed by atoms with Gasteiger partial charge in [0, 0.05) is 7.05 Å². The topological polar surface area (TPSA) is 66.5 Å². The molecule has 0 unspecified atom stereocenters. The molecule has 0 saturated carbocycles. The van der Waals surface area contributed by atoms with Crippen molar-refractivity contribution in [2.75, 3.05) is 13.6 Å². The molecule has 86 valence electrons. The summed E-state index contributed by atoms with van der Waals surface area (Å²) < 4.78 is 0. The van der Waals surface area contributed by atoms with Crippen LogP contribution in [0, 0.1) is 11.8 Å². The Bertz CT molecular complexity index is 349. The van der Waals surface area contributed by atoms with Crippen LogP contribution in [0.1, 0.15) is 12.8 Å². The molecule has 2 atom stereocenters. The van der Waals surface area contributed by atoms with E-state index in [0.29, 0.717) is 12.8 Å². The lowest BCUT2D eigenvalue weighted by Gasteiger charge is -2.14. The number of likely N-dealkylation sites (tertiary alicyclic amines) is 1. The molecule has 0 radical (unpaired) electrons. The highest BCUT2D eigenvalue weighted by Crippen LogP contribution is 2.34. The van der Waals surface area contributed by atoms with Gasteiger partial charge in [0.15, 0.2) is 0 Å². The van der Waals surface area contributed by atoms with Crippen molar-refractivity contribution in [1.29, 1.82) is 0 Å². The van der Waals surface area contributed by atoms with Crippen molar-refractivity contribution >= 4 is 17.7 Å². The summed E-state index contributed by atoms with van der Waals surface area (Å²) in [5, 5.41) is 2.41. The number of rotatable bonds is 2. The number of allylic oxidation sites excluding steroid dienone is 2. The molecule has 1 aliphatic carbocycles. The summed E-state index contributed by atoms with van der Waals surface area (Å²) in [5.74, 6) is -1.22. The first-order valence-electron chi connectivity index (χ1n) is 5.36. The van der Waals surface area contributed by atoms with Gasteiger partial charge in [-0.1, -0.05) is 12.2 Å². The Morgan fingerprint density at radius 1 is 1.31 bits per heavy atom. The number of carbonyl (C=O) groups is 3. The Hall–Kier alpha value is -1.65. The van der Waals surface area contributed by atoms with E-state index in [1.165, 1.54) is 7.05 Å². The van der Waals surface area contributed by atoms with E-state index < -0.39 is 0 Å². The molecule has 5 heteroatoms. The molecule has 0 aromatic heterocycles. The fraction of sp³-hybridized carbons (Fsp3) is 0.545. The highest BCUT2D eigenvalue weighted by atomic mass is 16.2. The molecule has 5 nitrogen and oxygen atoms in total. The van der Waals surface area contributed by atoms with E-state index in [1.54, 1.807) is 0 Å². The number of carbonyl (C=O) groups excluding carboxylic acids is 3. The SMILES string of the molecule is CNC(=O)CN1C(=O)[C@H]2CC=CC[C@@H]2C1=O. The van der Waals surface area contributed by atoms with Crippen molar-refractivity contribution in [3.05, 3.63) is 12.2 Å². The molecule has 1 heterocycles. The third-order valence-corrected chi connectivity index (χ3v) is 3.18. The summed E-state index contributed by atoms with van der Waals surface area (Å²) in [5.41, 5.74) is 0. The first kappa shape index (κ1) is 10.9. The second-order valence-electron chi connectivity index (χ2n) is 4.09. The summed E-state index contributed by atoms with van der Waals surface area (Å²) in [6, 6.07) is 0. The Labute approximate surface area is 93.5 Å². The van der Waals surface area contributed by atoms with E-state index in [0.717, 1.165) is 4.90 Å². The molecule has 0 aromatic carbocycles. The zero-order valence-corrected chi connectivity index (χ0v) is 9.10. The average Bonchev–Trinajstić information content (AvgIpc) is 2.55. The summed E-state index contributed by atoms with van der Waals surface area (Å²) >= 11 is 0. The minimum Gasteiger partial charge on any atom is -0.358 e. The zero-order valence-electron chi connectivity index (χ0n) is 9.10. The van der Waals surface area contributed by atoms with E-state index in [-0.39, 0.29) is 36.1 Å². The van der Waals surface area contributed by atoms with Gasteiger partial charge in [0.1, 0.15) is 6.54 Å². The van der Waals surface area contributed by atoms with Crippen molar-refractivity contribution in [2.45, 2.75) is 12.8 Å². The molecular weight excluding hydrogens is 208 g/mol. The molecule has 1 N–H and O–H groups in total. The molecule has 16 heavy (non-hydrogen) atoms. The number of nitrogens with zero attached hydrogens (tertiary/aromatic N) is 1. The van der Waals surface area contributed by atoms with Crippen LogP contribution >= 0.6 is 0 Å². The van der Waals surface area contributed by atoms with Crippen LogP contribution < -0.4 is 5.32 Å². The molecule has 1 fully saturated rings. The van der Waals surface area contributed by atoms with Gasteiger partial charge in [-0.3, -0.25) is 19.3 Å². The Kier molecular flexibility index (Phi) is 2.77. The van der Waals surface area contributed by atoms with Crippen LogP contribution in [0.15, 0.2) is 12.2 Å². The van der Waals surface area contributed by atoms with Gasteiger partial charge in [0.05, 0.1) is 11.8 Å². The van der Waals surface area contributed by atoms with Gasteiger partial charge in [0.25, 0.3) is 0 Å². The second kappa shape index (κ2) is 4.08. The minimum absolute atomic E-state index is 0.152. The van der Waals surface area contributed by atoms with Crippen molar-refractivity contribution in [3.63, 3.8) is 0 Å². The van der Waals surface area contributed by atoms with Crippen molar-refractivity contribution < 1.29 is 14.4 Å². The molecule has 0 bridgehead atoms. The summed E-state index contributed by atoms with van der Waals surface area (Å²) in [7, 11) is 1.49. The molecule has 3 amide bonds. The highest BCUT2D eigenvalue weighted by Gasteiger charge is 2.47. The number of hydrogen-bond donors (Lipinski definition) is 1. The number of amides is 3. The van der Waals surface area contributed by atoms with Crippen LogP contribution in [0.5, 0.6) is 0 Å². The average molecular weight is 222 g/mol. The van der Waals surface area contributed by atoms with E-state index in [1.807, 2.05) is 12.2 Å². The first-order chi connectivity index (χ1) is 7.65. The fourth-order valence-electron chi connectivity index (χ4n) is 2.25. The number of nitrogens with one attached hydrogen (secondary N) is 1. The van der Waals surface area contributed by atoms with Gasteiger partial charge < -0.3 is 5.32 Å². The van der Waals surface area contributed by atoms with Gasteiger partial charge in [-0.25, -0.2) is 0 Å². The molecular formula is C11H14N2O3. The predicted octanol–water partition coefficient (Wildman–Crippen LogP) is -0.316. The lowest BCUT2D eigenvalue weighted by Crippen LogP contribution is -2.39. The number of imide groups is 1. The van der Waals surface area contributed by atoms with E-state index in [9.17, 15) is 14.4 Å². The largest absolute Gasteiger partial charge is 0.358 e. The molecule has 2 rings (SSSR count). The molecule has 1 saturated heterocycles. The van der Waals surface area contributed by atoms with Gasteiger partial charge in [-0.05, 0) is 12.8 Å². The lowest BCUT2D eigenvalue weighted by atomic mass is 9.85. The zero-order chi connectivity index (χ0) is 11.7. The minimum atomic E-state index is -0.312. The van der Waals surface area contributed by atoms with Crippen molar-refractivity contribution in [1.82, 2.24) is 10.2 Å². The van der Waals surface area contributed by atoms with E-state index >= 15 is 0 Å². The third kappa shape index (κ3) is 1.62. The number of hydrogen-bond acceptors (Lipinski definition) is 3. The third-order valence-electron chi connectivity index (χ3n) is 3.18. The summed E-state index contributed by atoms with van der Waals surface area (Å²) in [6.45, 7) is -0.152. The monoisotopic (exact) mass is 222 g/mol. The summed E-state index contributed by atoms with van der Waals surface area (Å²) in [4.78, 5) is 36.1. The molecule has 0 spiro atoms. The van der Waals surface area contributed by atoms with Gasteiger partial charge >= 0.3 is 0 Å². The van der Waals surface area contributed by atoms with Crippen LogP contribution in [0.2, 0.25) is 0 Å². The van der Waals surface area contributed by atoms with E-state index in [2.05, 4.69) is 5.32 Å². The maximum Gasteiger partial charge on any atom is 0.239 e. The lowest BCUT2D eigenvalue weighted by molar-refractivity contribution is -0.143. The Morgan fingerprint density at radius 2 is 1.81 bits per heavy atom. The Morgan fingerprint density at radius 3 is 2.25 bits per heavy atom.